The van der Waals surface area contributed by atoms with Crippen LogP contribution < -0.4 is 16.0 Å². The molecule has 0 aliphatic heterocycles. The van der Waals surface area contributed by atoms with Gasteiger partial charge in [-0.15, -0.1) is 0 Å². The quantitative estimate of drug-likeness (QED) is 0.651. The second kappa shape index (κ2) is 10.2. The van der Waals surface area contributed by atoms with Crippen LogP contribution in [0.4, 0.5) is 5.69 Å². The number of hydrogen-bond donors (Lipinski definition) is 2. The van der Waals surface area contributed by atoms with Gasteiger partial charge in [0.25, 0.3) is 0 Å². The first-order chi connectivity index (χ1) is 10.2. The molecule has 1 atom stereocenters. The molecule has 0 spiro atoms. The van der Waals surface area contributed by atoms with E-state index in [2.05, 4.69) is 48.3 Å². The zero-order valence-electron chi connectivity index (χ0n) is 13.3. The average molecular weight is 291 g/mol. The number of nitrogens with two attached hydrogens (primary N) is 1. The van der Waals surface area contributed by atoms with Gasteiger partial charge < -0.3 is 16.0 Å². The molecule has 0 saturated carbocycles. The lowest BCUT2D eigenvalue weighted by molar-refractivity contribution is -0.121. The summed E-state index contributed by atoms with van der Waals surface area (Å²) >= 11 is 0. The maximum Gasteiger partial charge on any atom is 0.221 e. The van der Waals surface area contributed by atoms with Crippen molar-refractivity contribution >= 4 is 11.6 Å². The maximum atomic E-state index is 11.7. The van der Waals surface area contributed by atoms with E-state index >= 15 is 0 Å². The molecule has 4 nitrogen and oxygen atoms in total. The summed E-state index contributed by atoms with van der Waals surface area (Å²) in [6.07, 6.45) is 3.31. The lowest BCUT2D eigenvalue weighted by Gasteiger charge is -2.23. The lowest BCUT2D eigenvalue weighted by atomic mass is 10.1. The molecule has 0 heterocycles. The molecule has 0 aromatic heterocycles. The first kappa shape index (κ1) is 17.5. The van der Waals surface area contributed by atoms with Gasteiger partial charge in [-0.05, 0) is 31.9 Å². The monoisotopic (exact) mass is 291 g/mol. The van der Waals surface area contributed by atoms with Crippen LogP contribution >= 0.6 is 0 Å². The van der Waals surface area contributed by atoms with Crippen LogP contribution in [-0.2, 0) is 4.79 Å². The first-order valence-electron chi connectivity index (χ1n) is 7.99. The summed E-state index contributed by atoms with van der Waals surface area (Å²) in [5.41, 5.74) is 7.10. The molecule has 0 fully saturated rings. The molecular formula is C17H29N3O. The zero-order valence-corrected chi connectivity index (χ0v) is 13.3. The van der Waals surface area contributed by atoms with E-state index in [1.54, 1.807) is 0 Å². The van der Waals surface area contributed by atoms with Crippen molar-refractivity contribution in [2.45, 2.75) is 45.6 Å². The van der Waals surface area contributed by atoms with E-state index in [0.29, 0.717) is 13.0 Å². The standard InChI is InChI=1S/C17H29N3O/c1-3-9-15(18)14-17(21)19-12-8-13-20(4-2)16-10-6-5-7-11-16/h5-7,10-11,15H,3-4,8-9,12-14,18H2,1-2H3,(H,19,21). The van der Waals surface area contributed by atoms with Gasteiger partial charge in [0.2, 0.25) is 5.91 Å². The highest BCUT2D eigenvalue weighted by molar-refractivity contribution is 5.76. The highest BCUT2D eigenvalue weighted by Gasteiger charge is 2.08. The van der Waals surface area contributed by atoms with Crippen LogP contribution in [0.2, 0.25) is 0 Å². The number of nitrogens with one attached hydrogen (secondary N) is 1. The Labute approximate surface area is 128 Å². The molecule has 1 amide bonds. The van der Waals surface area contributed by atoms with E-state index < -0.39 is 0 Å². The third kappa shape index (κ3) is 7.14. The summed E-state index contributed by atoms with van der Waals surface area (Å²) in [6, 6.07) is 10.4. The number of amides is 1. The third-order valence-electron chi connectivity index (χ3n) is 3.54. The van der Waals surface area contributed by atoms with E-state index in [-0.39, 0.29) is 11.9 Å². The van der Waals surface area contributed by atoms with Crippen molar-refractivity contribution < 1.29 is 4.79 Å². The van der Waals surface area contributed by atoms with Crippen molar-refractivity contribution in [3.8, 4) is 0 Å². The fraction of sp³-hybridized carbons (Fsp3) is 0.588. The molecular weight excluding hydrogens is 262 g/mol. The van der Waals surface area contributed by atoms with Crippen LogP contribution in [0.25, 0.3) is 0 Å². The molecule has 21 heavy (non-hydrogen) atoms. The van der Waals surface area contributed by atoms with Gasteiger partial charge in [-0.1, -0.05) is 31.5 Å². The fourth-order valence-electron chi connectivity index (χ4n) is 2.39. The Hall–Kier alpha value is -1.55. The molecule has 1 rings (SSSR count). The number of nitrogens with zero attached hydrogens (tertiary/aromatic N) is 1. The van der Waals surface area contributed by atoms with Crippen LogP contribution in [-0.4, -0.2) is 31.6 Å². The van der Waals surface area contributed by atoms with Crippen molar-refractivity contribution in [2.75, 3.05) is 24.5 Å². The molecule has 4 heteroatoms. The van der Waals surface area contributed by atoms with Crippen molar-refractivity contribution in [2.24, 2.45) is 5.73 Å². The normalized spacial score (nSPS) is 12.0. The first-order valence-corrected chi connectivity index (χ1v) is 7.99. The molecule has 1 aromatic rings. The van der Waals surface area contributed by atoms with E-state index in [9.17, 15) is 4.79 Å². The predicted molar refractivity (Wildman–Crippen MR) is 89.5 cm³/mol. The Kier molecular flexibility index (Phi) is 8.51. The summed E-state index contributed by atoms with van der Waals surface area (Å²) in [4.78, 5) is 14.0. The number of rotatable bonds is 10. The minimum Gasteiger partial charge on any atom is -0.372 e. The Morgan fingerprint density at radius 2 is 2.00 bits per heavy atom. The third-order valence-corrected chi connectivity index (χ3v) is 3.54. The van der Waals surface area contributed by atoms with E-state index in [0.717, 1.165) is 32.4 Å². The van der Waals surface area contributed by atoms with Gasteiger partial charge in [0.1, 0.15) is 0 Å². The number of para-hydroxylation sites is 1. The molecule has 0 aliphatic carbocycles. The van der Waals surface area contributed by atoms with E-state index in [1.165, 1.54) is 5.69 Å². The van der Waals surface area contributed by atoms with Gasteiger partial charge in [-0.3, -0.25) is 4.79 Å². The van der Waals surface area contributed by atoms with Gasteiger partial charge >= 0.3 is 0 Å². The van der Waals surface area contributed by atoms with Crippen molar-refractivity contribution in [3.63, 3.8) is 0 Å². The molecule has 1 unspecified atom stereocenters. The molecule has 0 saturated heterocycles. The minimum absolute atomic E-state index is 0.00791. The summed E-state index contributed by atoms with van der Waals surface area (Å²) in [7, 11) is 0. The molecule has 0 radical (unpaired) electrons. The average Bonchev–Trinajstić information content (AvgIpc) is 2.48. The molecule has 0 bridgehead atoms. The number of anilines is 1. The largest absolute Gasteiger partial charge is 0.372 e. The number of carbonyl (C=O) groups is 1. The summed E-state index contributed by atoms with van der Waals surface area (Å²) in [5, 5.41) is 2.96. The van der Waals surface area contributed by atoms with Gasteiger partial charge in [-0.2, -0.15) is 0 Å². The van der Waals surface area contributed by atoms with E-state index in [1.807, 2.05) is 6.07 Å². The second-order valence-corrected chi connectivity index (χ2v) is 5.37. The molecule has 1 aromatic carbocycles. The number of carbonyl (C=O) groups excluding carboxylic acids is 1. The summed E-state index contributed by atoms with van der Waals surface area (Å²) < 4.78 is 0. The van der Waals surface area contributed by atoms with Crippen LogP contribution in [0.15, 0.2) is 30.3 Å². The number of benzene rings is 1. The molecule has 0 aliphatic rings. The summed E-state index contributed by atoms with van der Waals surface area (Å²) in [6.45, 7) is 6.86. The summed E-state index contributed by atoms with van der Waals surface area (Å²) in [5.74, 6) is 0.0682. The van der Waals surface area contributed by atoms with Gasteiger partial charge in [0.15, 0.2) is 0 Å². The van der Waals surface area contributed by atoms with Crippen LogP contribution in [0.3, 0.4) is 0 Å². The second-order valence-electron chi connectivity index (χ2n) is 5.37. The predicted octanol–water partition coefficient (Wildman–Crippen LogP) is 2.54. The highest BCUT2D eigenvalue weighted by atomic mass is 16.1. The fourth-order valence-corrected chi connectivity index (χ4v) is 2.39. The zero-order chi connectivity index (χ0) is 15.5. The van der Waals surface area contributed by atoms with Crippen LogP contribution in [0.5, 0.6) is 0 Å². The number of hydrogen-bond acceptors (Lipinski definition) is 3. The van der Waals surface area contributed by atoms with E-state index in [4.69, 9.17) is 5.73 Å². The van der Waals surface area contributed by atoms with Gasteiger partial charge in [-0.25, -0.2) is 0 Å². The molecule has 3 N–H and O–H groups in total. The van der Waals surface area contributed by atoms with Crippen LogP contribution in [0.1, 0.15) is 39.5 Å². The Balaban J connectivity index is 2.22. The minimum atomic E-state index is -0.00791. The van der Waals surface area contributed by atoms with Crippen molar-refractivity contribution in [1.82, 2.24) is 5.32 Å². The lowest BCUT2D eigenvalue weighted by Crippen LogP contribution is -2.33. The Bertz CT molecular complexity index is 394. The van der Waals surface area contributed by atoms with Gasteiger partial charge in [0.05, 0.1) is 0 Å². The smallest absolute Gasteiger partial charge is 0.221 e. The Morgan fingerprint density at radius 3 is 2.62 bits per heavy atom. The Morgan fingerprint density at radius 1 is 1.29 bits per heavy atom. The van der Waals surface area contributed by atoms with Crippen molar-refractivity contribution in [3.05, 3.63) is 30.3 Å². The SMILES string of the molecule is CCCC(N)CC(=O)NCCCN(CC)c1ccccc1. The topological polar surface area (TPSA) is 58.4 Å². The maximum absolute atomic E-state index is 11.7. The molecule has 118 valence electrons. The van der Waals surface area contributed by atoms with Crippen LogP contribution in [0, 0.1) is 0 Å². The van der Waals surface area contributed by atoms with Crippen molar-refractivity contribution in [1.29, 1.82) is 0 Å². The highest BCUT2D eigenvalue weighted by Crippen LogP contribution is 2.12. The van der Waals surface area contributed by atoms with Gasteiger partial charge in [0, 0.05) is 37.8 Å².